The van der Waals surface area contributed by atoms with Crippen LogP contribution in [0.25, 0.3) is 0 Å². The monoisotopic (exact) mass is 363 g/mol. The predicted molar refractivity (Wildman–Crippen MR) is 96.1 cm³/mol. The topological polar surface area (TPSA) is 116 Å². The lowest BCUT2D eigenvalue weighted by atomic mass is 10.1. The first kappa shape index (κ1) is 17.4. The van der Waals surface area contributed by atoms with E-state index in [9.17, 15) is 13.2 Å². The van der Waals surface area contributed by atoms with Crippen LogP contribution in [-0.4, -0.2) is 36.8 Å². The molecule has 0 saturated heterocycles. The third-order valence-corrected chi connectivity index (χ3v) is 5.40. The summed E-state index contributed by atoms with van der Waals surface area (Å²) in [6.07, 6.45) is 1.37. The molecule has 1 amide bonds. The van der Waals surface area contributed by atoms with Crippen LogP contribution in [0.2, 0.25) is 0 Å². The van der Waals surface area contributed by atoms with Crippen LogP contribution < -0.4 is 15.4 Å². The van der Waals surface area contributed by atoms with Crippen molar-refractivity contribution in [3.05, 3.63) is 41.2 Å². The van der Waals surface area contributed by atoms with Gasteiger partial charge in [0.1, 0.15) is 0 Å². The third-order valence-electron chi connectivity index (χ3n) is 3.91. The molecule has 0 spiro atoms. The molecule has 2 heterocycles. The number of hydrogen-bond donors (Lipinski definition) is 4. The summed E-state index contributed by atoms with van der Waals surface area (Å²) in [5.74, 6) is -0.218. The first-order chi connectivity index (χ1) is 12.0. The van der Waals surface area contributed by atoms with Crippen molar-refractivity contribution >= 4 is 27.3 Å². The molecule has 1 aliphatic rings. The van der Waals surface area contributed by atoms with Gasteiger partial charge in [0.05, 0.1) is 5.75 Å². The number of rotatable bonds is 6. The summed E-state index contributed by atoms with van der Waals surface area (Å²) < 4.78 is 26.0. The standard InChI is InChI=1S/C16H21N5O3S/c1-2-9-25(23,24)21-12-5-3-11(4-6-12)18-16(22)15-13-10-17-8-7-14(13)19-20-15/h3-6,17,21H,2,7-10H2,1H3,(H,18,22)(H,19,20). The number of carbonyl (C=O) groups excluding carboxylic acids is 1. The summed E-state index contributed by atoms with van der Waals surface area (Å²) in [6.45, 7) is 3.29. The normalized spacial score (nSPS) is 14.0. The molecule has 3 rings (SSSR count). The fourth-order valence-electron chi connectivity index (χ4n) is 2.72. The number of benzene rings is 1. The molecule has 0 unspecified atom stereocenters. The van der Waals surface area contributed by atoms with E-state index in [-0.39, 0.29) is 11.7 Å². The molecular formula is C16H21N5O3S. The molecule has 1 aromatic heterocycles. The van der Waals surface area contributed by atoms with Crippen molar-refractivity contribution in [2.45, 2.75) is 26.3 Å². The molecule has 0 bridgehead atoms. The minimum atomic E-state index is -3.32. The fraction of sp³-hybridized carbons (Fsp3) is 0.375. The maximum absolute atomic E-state index is 12.4. The van der Waals surface area contributed by atoms with Crippen molar-refractivity contribution in [2.24, 2.45) is 0 Å². The molecule has 0 atom stereocenters. The molecule has 8 nitrogen and oxygen atoms in total. The average Bonchev–Trinajstić information content (AvgIpc) is 3.00. The van der Waals surface area contributed by atoms with Gasteiger partial charge < -0.3 is 10.6 Å². The molecule has 0 saturated carbocycles. The van der Waals surface area contributed by atoms with Crippen molar-refractivity contribution in [1.82, 2.24) is 15.5 Å². The van der Waals surface area contributed by atoms with Gasteiger partial charge in [-0.1, -0.05) is 6.92 Å². The molecule has 25 heavy (non-hydrogen) atoms. The van der Waals surface area contributed by atoms with Gasteiger partial charge in [0, 0.05) is 42.1 Å². The number of aromatic amines is 1. The second-order valence-electron chi connectivity index (χ2n) is 5.91. The highest BCUT2D eigenvalue weighted by atomic mass is 32.2. The van der Waals surface area contributed by atoms with Crippen molar-refractivity contribution in [3.8, 4) is 0 Å². The maximum Gasteiger partial charge on any atom is 0.276 e. The highest BCUT2D eigenvalue weighted by Crippen LogP contribution is 2.19. The number of aromatic nitrogens is 2. The summed E-state index contributed by atoms with van der Waals surface area (Å²) in [6, 6.07) is 6.53. The summed E-state index contributed by atoms with van der Waals surface area (Å²) in [7, 11) is -3.32. The summed E-state index contributed by atoms with van der Waals surface area (Å²) >= 11 is 0. The van der Waals surface area contributed by atoms with Gasteiger partial charge in [-0.25, -0.2) is 8.42 Å². The Bertz CT molecular complexity index is 858. The molecule has 9 heteroatoms. The van der Waals surface area contributed by atoms with Gasteiger partial charge in [-0.2, -0.15) is 5.10 Å². The average molecular weight is 363 g/mol. The van der Waals surface area contributed by atoms with E-state index in [1.54, 1.807) is 31.2 Å². The van der Waals surface area contributed by atoms with Gasteiger partial charge in [-0.3, -0.25) is 14.6 Å². The SMILES string of the molecule is CCCS(=O)(=O)Nc1ccc(NC(=O)c2n[nH]c3c2CNCC3)cc1. The number of carbonyl (C=O) groups is 1. The molecule has 134 valence electrons. The molecule has 0 radical (unpaired) electrons. The van der Waals surface area contributed by atoms with Crippen LogP contribution in [0.1, 0.15) is 35.1 Å². The molecule has 1 aliphatic heterocycles. The largest absolute Gasteiger partial charge is 0.321 e. The van der Waals surface area contributed by atoms with Crippen molar-refractivity contribution in [2.75, 3.05) is 22.3 Å². The Balaban J connectivity index is 1.67. The zero-order valence-electron chi connectivity index (χ0n) is 13.9. The van der Waals surface area contributed by atoms with Crippen LogP contribution in [0.4, 0.5) is 11.4 Å². The highest BCUT2D eigenvalue weighted by Gasteiger charge is 2.21. The summed E-state index contributed by atoms with van der Waals surface area (Å²) in [5.41, 5.74) is 3.31. The van der Waals surface area contributed by atoms with Crippen molar-refractivity contribution in [3.63, 3.8) is 0 Å². The summed E-state index contributed by atoms with van der Waals surface area (Å²) in [5, 5.41) is 13.0. The number of amides is 1. The number of fused-ring (bicyclic) bond motifs is 1. The zero-order valence-corrected chi connectivity index (χ0v) is 14.7. The maximum atomic E-state index is 12.4. The molecule has 1 aromatic carbocycles. The minimum absolute atomic E-state index is 0.0732. The van der Waals surface area contributed by atoms with Gasteiger partial charge in [0.2, 0.25) is 10.0 Å². The van der Waals surface area contributed by atoms with E-state index in [0.29, 0.717) is 30.0 Å². The van der Waals surface area contributed by atoms with Crippen molar-refractivity contribution < 1.29 is 13.2 Å². The highest BCUT2D eigenvalue weighted by molar-refractivity contribution is 7.92. The number of hydrogen-bond acceptors (Lipinski definition) is 5. The van der Waals surface area contributed by atoms with E-state index < -0.39 is 10.0 Å². The molecule has 0 aliphatic carbocycles. The first-order valence-corrected chi connectivity index (χ1v) is 9.82. The Kier molecular flexibility index (Phi) is 5.05. The van der Waals surface area contributed by atoms with Gasteiger partial charge in [-0.05, 0) is 30.7 Å². The first-order valence-electron chi connectivity index (χ1n) is 8.17. The quantitative estimate of drug-likeness (QED) is 0.620. The predicted octanol–water partition coefficient (Wildman–Crippen LogP) is 1.46. The van der Waals surface area contributed by atoms with Crippen LogP contribution in [0.3, 0.4) is 0 Å². The number of sulfonamides is 1. The van der Waals surface area contributed by atoms with Crippen molar-refractivity contribution in [1.29, 1.82) is 0 Å². The number of nitrogens with zero attached hydrogens (tertiary/aromatic N) is 1. The van der Waals surface area contributed by atoms with Crippen LogP contribution in [-0.2, 0) is 23.0 Å². The molecule has 2 aromatic rings. The lowest BCUT2D eigenvalue weighted by molar-refractivity contribution is 0.102. The Morgan fingerprint density at radius 3 is 2.68 bits per heavy atom. The van der Waals surface area contributed by atoms with E-state index in [1.807, 2.05) is 0 Å². The van der Waals surface area contributed by atoms with Gasteiger partial charge in [0.25, 0.3) is 5.91 Å². The van der Waals surface area contributed by atoms with E-state index >= 15 is 0 Å². The Morgan fingerprint density at radius 2 is 1.96 bits per heavy atom. The molecular weight excluding hydrogens is 342 g/mol. The number of nitrogens with one attached hydrogen (secondary N) is 4. The second kappa shape index (κ2) is 7.24. The van der Waals surface area contributed by atoms with Crippen LogP contribution in [0.5, 0.6) is 0 Å². The van der Waals surface area contributed by atoms with Gasteiger partial charge in [0.15, 0.2) is 5.69 Å². The third kappa shape index (κ3) is 4.18. The Labute approximate surface area is 146 Å². The number of anilines is 2. The van der Waals surface area contributed by atoms with E-state index in [4.69, 9.17) is 0 Å². The van der Waals surface area contributed by atoms with E-state index in [2.05, 4.69) is 25.6 Å². The van der Waals surface area contributed by atoms with E-state index in [1.165, 1.54) is 0 Å². The van der Waals surface area contributed by atoms with E-state index in [0.717, 1.165) is 24.2 Å². The molecule has 4 N–H and O–H groups in total. The lowest BCUT2D eigenvalue weighted by Crippen LogP contribution is -2.25. The second-order valence-corrected chi connectivity index (χ2v) is 7.75. The minimum Gasteiger partial charge on any atom is -0.321 e. The molecule has 0 fully saturated rings. The Morgan fingerprint density at radius 1 is 1.24 bits per heavy atom. The smallest absolute Gasteiger partial charge is 0.276 e. The van der Waals surface area contributed by atoms with Crippen LogP contribution >= 0.6 is 0 Å². The van der Waals surface area contributed by atoms with Crippen LogP contribution in [0.15, 0.2) is 24.3 Å². The fourth-order valence-corrected chi connectivity index (χ4v) is 3.86. The van der Waals surface area contributed by atoms with Gasteiger partial charge >= 0.3 is 0 Å². The zero-order chi connectivity index (χ0) is 17.9. The Hall–Kier alpha value is -2.39. The lowest BCUT2D eigenvalue weighted by Gasteiger charge is -2.13. The van der Waals surface area contributed by atoms with Gasteiger partial charge in [-0.15, -0.1) is 0 Å². The number of H-pyrrole nitrogens is 1. The summed E-state index contributed by atoms with van der Waals surface area (Å²) in [4.78, 5) is 12.4. The van der Waals surface area contributed by atoms with Crippen LogP contribution in [0, 0.1) is 0 Å².